The molecule has 1 aliphatic heterocycles. The Bertz CT molecular complexity index is 362. The molecule has 1 fully saturated rings. The van der Waals surface area contributed by atoms with Crippen LogP contribution in [0.2, 0.25) is 0 Å². The van der Waals surface area contributed by atoms with Crippen LogP contribution >= 0.6 is 0 Å². The summed E-state index contributed by atoms with van der Waals surface area (Å²) in [5, 5.41) is 3.37. The van der Waals surface area contributed by atoms with Gasteiger partial charge in [-0.3, -0.25) is 0 Å². The zero-order valence-corrected chi connectivity index (χ0v) is 10.7. The van der Waals surface area contributed by atoms with Gasteiger partial charge in [0, 0.05) is 7.11 Å². The zero-order chi connectivity index (χ0) is 12.1. The summed E-state index contributed by atoms with van der Waals surface area (Å²) in [4.78, 5) is 0. The van der Waals surface area contributed by atoms with Gasteiger partial charge in [0.25, 0.3) is 0 Å². The summed E-state index contributed by atoms with van der Waals surface area (Å²) in [5.74, 6) is 0.919. The summed E-state index contributed by atoms with van der Waals surface area (Å²) in [7, 11) is 1.82. The smallest absolute Gasteiger partial charge is 0.126 e. The molecule has 94 valence electrons. The Labute approximate surface area is 103 Å². The minimum Gasteiger partial charge on any atom is -0.465 e. The molecule has 1 aliphatic rings. The lowest BCUT2D eigenvalue weighted by atomic mass is 9.86. The Morgan fingerprint density at radius 1 is 1.53 bits per heavy atom. The van der Waals surface area contributed by atoms with Gasteiger partial charge in [-0.15, -0.1) is 0 Å². The van der Waals surface area contributed by atoms with Crippen molar-refractivity contribution in [3.05, 3.63) is 29.7 Å². The van der Waals surface area contributed by atoms with E-state index in [1.54, 1.807) is 6.26 Å². The van der Waals surface area contributed by atoms with Crippen molar-refractivity contribution in [2.75, 3.05) is 20.2 Å². The molecule has 0 spiro atoms. The standard InChI is InChI=1S/C14H21NO2/c1-12(10-13-4-3-9-17-13)11-14(16-2)5-7-15-8-6-14/h3-4,9-10,15H,5-8,11H2,1-2H3/b12-10+. The third-order valence-corrected chi connectivity index (χ3v) is 3.48. The second-order valence-corrected chi connectivity index (χ2v) is 4.82. The van der Waals surface area contributed by atoms with Gasteiger partial charge in [-0.05, 0) is 57.5 Å². The molecule has 0 saturated carbocycles. The highest BCUT2D eigenvalue weighted by molar-refractivity contribution is 5.46. The van der Waals surface area contributed by atoms with Gasteiger partial charge in [-0.1, -0.05) is 5.57 Å². The molecule has 0 atom stereocenters. The van der Waals surface area contributed by atoms with Crippen LogP contribution in [0, 0.1) is 0 Å². The monoisotopic (exact) mass is 235 g/mol. The van der Waals surface area contributed by atoms with E-state index in [0.29, 0.717) is 0 Å². The van der Waals surface area contributed by atoms with Crippen molar-refractivity contribution in [2.45, 2.75) is 31.8 Å². The lowest BCUT2D eigenvalue weighted by molar-refractivity contribution is -0.0330. The molecule has 2 heterocycles. The summed E-state index contributed by atoms with van der Waals surface area (Å²) in [5.41, 5.74) is 1.32. The van der Waals surface area contributed by atoms with E-state index in [-0.39, 0.29) is 5.60 Å². The van der Waals surface area contributed by atoms with Crippen molar-refractivity contribution in [2.24, 2.45) is 0 Å². The number of rotatable bonds is 4. The molecule has 0 bridgehead atoms. The quantitative estimate of drug-likeness (QED) is 0.871. The van der Waals surface area contributed by atoms with E-state index in [1.165, 1.54) is 5.57 Å². The van der Waals surface area contributed by atoms with Crippen LogP contribution in [0.3, 0.4) is 0 Å². The average molecular weight is 235 g/mol. The van der Waals surface area contributed by atoms with Crippen molar-refractivity contribution in [1.82, 2.24) is 5.32 Å². The fourth-order valence-electron chi connectivity index (χ4n) is 2.51. The molecule has 1 saturated heterocycles. The molecule has 1 aromatic heterocycles. The van der Waals surface area contributed by atoms with Crippen LogP contribution in [0.4, 0.5) is 0 Å². The first-order valence-corrected chi connectivity index (χ1v) is 6.21. The maximum absolute atomic E-state index is 5.76. The van der Waals surface area contributed by atoms with Crippen molar-refractivity contribution in [1.29, 1.82) is 0 Å². The second kappa shape index (κ2) is 5.52. The number of hydrogen-bond donors (Lipinski definition) is 1. The topological polar surface area (TPSA) is 34.4 Å². The largest absolute Gasteiger partial charge is 0.465 e. The molecule has 0 amide bonds. The summed E-state index contributed by atoms with van der Waals surface area (Å²) in [6, 6.07) is 3.89. The van der Waals surface area contributed by atoms with Gasteiger partial charge in [0.1, 0.15) is 5.76 Å². The first-order valence-electron chi connectivity index (χ1n) is 6.21. The molecular weight excluding hydrogens is 214 g/mol. The second-order valence-electron chi connectivity index (χ2n) is 4.82. The van der Waals surface area contributed by atoms with E-state index in [9.17, 15) is 0 Å². The van der Waals surface area contributed by atoms with Crippen molar-refractivity contribution in [3.63, 3.8) is 0 Å². The Morgan fingerprint density at radius 2 is 2.29 bits per heavy atom. The number of piperidine rings is 1. The van der Waals surface area contributed by atoms with Gasteiger partial charge >= 0.3 is 0 Å². The fraction of sp³-hybridized carbons (Fsp3) is 0.571. The molecule has 1 aromatic rings. The van der Waals surface area contributed by atoms with Crippen molar-refractivity contribution in [3.8, 4) is 0 Å². The Morgan fingerprint density at radius 3 is 2.88 bits per heavy atom. The number of nitrogens with one attached hydrogen (secondary N) is 1. The average Bonchev–Trinajstić information content (AvgIpc) is 2.83. The molecule has 1 N–H and O–H groups in total. The number of methoxy groups -OCH3 is 1. The van der Waals surface area contributed by atoms with Crippen LogP contribution in [-0.2, 0) is 4.74 Å². The lowest BCUT2D eigenvalue weighted by Crippen LogP contribution is -2.43. The highest BCUT2D eigenvalue weighted by atomic mass is 16.5. The summed E-state index contributed by atoms with van der Waals surface area (Å²) in [6.07, 6.45) is 6.93. The maximum Gasteiger partial charge on any atom is 0.126 e. The first kappa shape index (κ1) is 12.4. The van der Waals surface area contributed by atoms with Crippen LogP contribution in [0.25, 0.3) is 6.08 Å². The maximum atomic E-state index is 5.76. The highest BCUT2D eigenvalue weighted by Gasteiger charge is 2.31. The van der Waals surface area contributed by atoms with E-state index >= 15 is 0 Å². The number of hydrogen-bond acceptors (Lipinski definition) is 3. The predicted molar refractivity (Wildman–Crippen MR) is 68.8 cm³/mol. The van der Waals surface area contributed by atoms with E-state index < -0.39 is 0 Å². The Hall–Kier alpha value is -1.06. The van der Waals surface area contributed by atoms with Gasteiger partial charge in [0.15, 0.2) is 0 Å². The van der Waals surface area contributed by atoms with Gasteiger partial charge in [0.05, 0.1) is 11.9 Å². The highest BCUT2D eigenvalue weighted by Crippen LogP contribution is 2.30. The molecule has 2 rings (SSSR count). The van der Waals surface area contributed by atoms with Crippen molar-refractivity contribution >= 4 is 6.08 Å². The summed E-state index contributed by atoms with van der Waals surface area (Å²) >= 11 is 0. The van der Waals surface area contributed by atoms with Crippen LogP contribution in [0.15, 0.2) is 28.4 Å². The molecular formula is C14H21NO2. The van der Waals surface area contributed by atoms with E-state index in [2.05, 4.69) is 18.3 Å². The Balaban J connectivity index is 2.03. The molecule has 0 aromatic carbocycles. The fourth-order valence-corrected chi connectivity index (χ4v) is 2.51. The number of ether oxygens (including phenoxy) is 1. The molecule has 0 aliphatic carbocycles. The zero-order valence-electron chi connectivity index (χ0n) is 10.7. The van der Waals surface area contributed by atoms with Gasteiger partial charge in [-0.25, -0.2) is 0 Å². The van der Waals surface area contributed by atoms with Gasteiger partial charge < -0.3 is 14.5 Å². The first-order chi connectivity index (χ1) is 8.24. The van der Waals surface area contributed by atoms with Crippen LogP contribution < -0.4 is 5.32 Å². The molecule has 3 heteroatoms. The van der Waals surface area contributed by atoms with Crippen LogP contribution in [0.1, 0.15) is 31.9 Å². The summed E-state index contributed by atoms with van der Waals surface area (Å²) in [6.45, 7) is 4.23. The lowest BCUT2D eigenvalue weighted by Gasteiger charge is -2.36. The number of furan rings is 1. The van der Waals surface area contributed by atoms with E-state index in [4.69, 9.17) is 9.15 Å². The minimum absolute atomic E-state index is 0.0123. The van der Waals surface area contributed by atoms with Gasteiger partial charge in [-0.2, -0.15) is 0 Å². The summed E-state index contributed by atoms with van der Waals surface area (Å²) < 4.78 is 11.1. The third-order valence-electron chi connectivity index (χ3n) is 3.48. The van der Waals surface area contributed by atoms with Crippen LogP contribution in [0.5, 0.6) is 0 Å². The van der Waals surface area contributed by atoms with Crippen LogP contribution in [-0.4, -0.2) is 25.8 Å². The molecule has 17 heavy (non-hydrogen) atoms. The van der Waals surface area contributed by atoms with Crippen molar-refractivity contribution < 1.29 is 9.15 Å². The molecule has 0 unspecified atom stereocenters. The predicted octanol–water partition coefficient (Wildman–Crippen LogP) is 2.84. The Kier molecular flexibility index (Phi) is 4.02. The van der Waals surface area contributed by atoms with E-state index in [0.717, 1.165) is 38.1 Å². The molecule has 0 radical (unpaired) electrons. The normalized spacial score (nSPS) is 20.5. The SMILES string of the molecule is COC1(C/C(C)=C/c2ccco2)CCNCC1. The van der Waals surface area contributed by atoms with E-state index in [1.807, 2.05) is 19.2 Å². The minimum atomic E-state index is 0.0123. The third kappa shape index (κ3) is 3.20. The molecule has 3 nitrogen and oxygen atoms in total. The van der Waals surface area contributed by atoms with Gasteiger partial charge in [0.2, 0.25) is 0 Å².